The number of likely N-dealkylation sites (tertiary alicyclic amines) is 1. The Balaban J connectivity index is 1.60. The van der Waals surface area contributed by atoms with Crippen molar-refractivity contribution < 1.29 is 18.8 Å². The number of para-hydroxylation sites is 1. The molecule has 1 atom stereocenters. The van der Waals surface area contributed by atoms with E-state index in [4.69, 9.17) is 0 Å². The molecule has 3 rings (SSSR count). The van der Waals surface area contributed by atoms with E-state index < -0.39 is 5.92 Å². The van der Waals surface area contributed by atoms with Crippen molar-refractivity contribution in [2.75, 3.05) is 18.4 Å². The number of rotatable bonds is 7. The Morgan fingerprint density at radius 2 is 1.83 bits per heavy atom. The third kappa shape index (κ3) is 5.43. The lowest BCUT2D eigenvalue weighted by Crippen LogP contribution is -2.32. The zero-order valence-corrected chi connectivity index (χ0v) is 17.2. The van der Waals surface area contributed by atoms with Crippen molar-refractivity contribution in [3.63, 3.8) is 0 Å². The lowest BCUT2D eigenvalue weighted by Gasteiger charge is -2.17. The number of halogens is 1. The molecule has 158 valence electrons. The molecule has 0 aromatic heterocycles. The van der Waals surface area contributed by atoms with Crippen LogP contribution in [0, 0.1) is 11.7 Å². The molecule has 0 saturated carbocycles. The Bertz CT molecular complexity index is 928. The molecular formula is C23H26FN3O3. The van der Waals surface area contributed by atoms with E-state index in [0.29, 0.717) is 30.8 Å². The maximum atomic E-state index is 13.0. The first-order chi connectivity index (χ1) is 14.3. The Kier molecular flexibility index (Phi) is 6.82. The molecule has 1 aliphatic heterocycles. The molecular weight excluding hydrogens is 385 g/mol. The number of carbonyl (C=O) groups is 3. The van der Waals surface area contributed by atoms with E-state index in [2.05, 4.69) is 10.6 Å². The van der Waals surface area contributed by atoms with E-state index in [1.807, 2.05) is 13.8 Å². The number of carbonyl (C=O) groups excluding carboxylic acids is 3. The molecule has 0 spiro atoms. The summed E-state index contributed by atoms with van der Waals surface area (Å²) in [7, 11) is 0. The predicted octanol–water partition coefficient (Wildman–Crippen LogP) is 2.99. The van der Waals surface area contributed by atoms with E-state index >= 15 is 0 Å². The van der Waals surface area contributed by atoms with Crippen LogP contribution in [0.1, 0.15) is 36.2 Å². The van der Waals surface area contributed by atoms with Crippen molar-refractivity contribution in [2.45, 2.75) is 32.7 Å². The highest BCUT2D eigenvalue weighted by molar-refractivity contribution is 6.05. The Morgan fingerprint density at radius 3 is 2.53 bits per heavy atom. The minimum atomic E-state index is -0.480. The predicted molar refractivity (Wildman–Crippen MR) is 112 cm³/mol. The molecule has 30 heavy (non-hydrogen) atoms. The highest BCUT2D eigenvalue weighted by Gasteiger charge is 2.34. The summed E-state index contributed by atoms with van der Waals surface area (Å²) >= 11 is 0. The quantitative estimate of drug-likeness (QED) is 0.735. The molecule has 0 aliphatic carbocycles. The van der Waals surface area contributed by atoms with Crippen molar-refractivity contribution >= 4 is 23.4 Å². The van der Waals surface area contributed by atoms with Crippen LogP contribution in [-0.2, 0) is 16.0 Å². The second kappa shape index (κ2) is 9.52. The minimum absolute atomic E-state index is 0.0247. The first kappa shape index (κ1) is 21.5. The van der Waals surface area contributed by atoms with Gasteiger partial charge in [0, 0.05) is 25.6 Å². The molecule has 0 unspecified atom stereocenters. The van der Waals surface area contributed by atoms with Gasteiger partial charge in [0.25, 0.3) is 5.91 Å². The number of hydrogen-bond donors (Lipinski definition) is 2. The summed E-state index contributed by atoms with van der Waals surface area (Å²) in [5.41, 5.74) is 1.75. The van der Waals surface area contributed by atoms with Gasteiger partial charge in [0.05, 0.1) is 17.2 Å². The van der Waals surface area contributed by atoms with Crippen LogP contribution in [0.5, 0.6) is 0 Å². The molecule has 2 aromatic carbocycles. The van der Waals surface area contributed by atoms with Gasteiger partial charge in [-0.05, 0) is 50.1 Å². The van der Waals surface area contributed by atoms with Gasteiger partial charge in [0.15, 0.2) is 0 Å². The monoisotopic (exact) mass is 411 g/mol. The van der Waals surface area contributed by atoms with Crippen molar-refractivity contribution in [1.82, 2.24) is 10.2 Å². The van der Waals surface area contributed by atoms with Gasteiger partial charge in [-0.3, -0.25) is 14.4 Å². The molecule has 3 amide bonds. The molecule has 0 radical (unpaired) electrons. The van der Waals surface area contributed by atoms with E-state index in [1.165, 1.54) is 12.1 Å². The second-order valence-electron chi connectivity index (χ2n) is 7.78. The summed E-state index contributed by atoms with van der Waals surface area (Å²) in [6.45, 7) is 4.53. The van der Waals surface area contributed by atoms with Gasteiger partial charge in [0.2, 0.25) is 11.8 Å². The summed E-state index contributed by atoms with van der Waals surface area (Å²) in [6.07, 6.45) is 0.730. The summed E-state index contributed by atoms with van der Waals surface area (Å²) in [5, 5.41) is 5.62. The van der Waals surface area contributed by atoms with E-state index in [9.17, 15) is 18.8 Å². The summed E-state index contributed by atoms with van der Waals surface area (Å²) < 4.78 is 13.0. The van der Waals surface area contributed by atoms with Gasteiger partial charge in [0.1, 0.15) is 5.82 Å². The fourth-order valence-electron chi connectivity index (χ4n) is 3.44. The van der Waals surface area contributed by atoms with E-state index in [-0.39, 0.29) is 36.0 Å². The summed E-state index contributed by atoms with van der Waals surface area (Å²) in [6, 6.07) is 13.0. The first-order valence-corrected chi connectivity index (χ1v) is 10.1. The van der Waals surface area contributed by atoms with Crippen LogP contribution in [-0.4, -0.2) is 41.8 Å². The van der Waals surface area contributed by atoms with Gasteiger partial charge in [-0.25, -0.2) is 4.39 Å². The van der Waals surface area contributed by atoms with Gasteiger partial charge in [-0.15, -0.1) is 0 Å². The number of hydrogen-bond acceptors (Lipinski definition) is 3. The Morgan fingerprint density at radius 1 is 1.13 bits per heavy atom. The standard InChI is InChI=1S/C23H26FN3O3/c1-15(2)25-23(30)19-5-3-4-6-20(19)26-22(29)17-13-21(28)27(14-17)12-11-16-7-9-18(24)10-8-16/h3-10,15,17H,11-14H2,1-2H3,(H,25,30)(H,26,29)/t17-/m0/s1. The van der Waals surface area contributed by atoms with Crippen LogP contribution in [0.4, 0.5) is 10.1 Å². The van der Waals surface area contributed by atoms with Gasteiger partial charge >= 0.3 is 0 Å². The molecule has 6 nitrogen and oxygen atoms in total. The lowest BCUT2D eigenvalue weighted by atomic mass is 10.1. The molecule has 7 heteroatoms. The summed E-state index contributed by atoms with van der Waals surface area (Å²) in [4.78, 5) is 39.1. The Labute approximate surface area is 175 Å². The molecule has 1 heterocycles. The molecule has 2 N–H and O–H groups in total. The third-order valence-corrected chi connectivity index (χ3v) is 5.02. The fourth-order valence-corrected chi connectivity index (χ4v) is 3.44. The van der Waals surface area contributed by atoms with Crippen molar-refractivity contribution in [3.8, 4) is 0 Å². The largest absolute Gasteiger partial charge is 0.350 e. The fraction of sp³-hybridized carbons (Fsp3) is 0.348. The average Bonchev–Trinajstić information content (AvgIpc) is 3.08. The highest BCUT2D eigenvalue weighted by Crippen LogP contribution is 2.22. The molecule has 1 fully saturated rings. The number of benzene rings is 2. The maximum Gasteiger partial charge on any atom is 0.253 e. The third-order valence-electron chi connectivity index (χ3n) is 5.02. The van der Waals surface area contributed by atoms with Crippen LogP contribution in [0.15, 0.2) is 48.5 Å². The Hall–Kier alpha value is -3.22. The van der Waals surface area contributed by atoms with Gasteiger partial charge < -0.3 is 15.5 Å². The molecule has 1 aliphatic rings. The minimum Gasteiger partial charge on any atom is -0.350 e. The van der Waals surface area contributed by atoms with Gasteiger partial charge in [-0.2, -0.15) is 0 Å². The average molecular weight is 411 g/mol. The van der Waals surface area contributed by atoms with E-state index in [1.54, 1.807) is 41.3 Å². The summed E-state index contributed by atoms with van der Waals surface area (Å²) in [5.74, 6) is -1.40. The molecule has 0 bridgehead atoms. The van der Waals surface area contributed by atoms with Crippen molar-refractivity contribution in [1.29, 1.82) is 0 Å². The number of nitrogens with one attached hydrogen (secondary N) is 2. The number of anilines is 1. The van der Waals surface area contributed by atoms with Crippen molar-refractivity contribution in [2.24, 2.45) is 5.92 Å². The maximum absolute atomic E-state index is 13.0. The topological polar surface area (TPSA) is 78.5 Å². The van der Waals surface area contributed by atoms with Gasteiger partial charge in [-0.1, -0.05) is 24.3 Å². The van der Waals surface area contributed by atoms with Crippen LogP contribution >= 0.6 is 0 Å². The van der Waals surface area contributed by atoms with E-state index in [0.717, 1.165) is 5.56 Å². The smallest absolute Gasteiger partial charge is 0.253 e. The van der Waals surface area contributed by atoms with Crippen molar-refractivity contribution in [3.05, 3.63) is 65.5 Å². The number of amides is 3. The van der Waals surface area contributed by atoms with Crippen LogP contribution in [0.25, 0.3) is 0 Å². The zero-order valence-electron chi connectivity index (χ0n) is 17.2. The first-order valence-electron chi connectivity index (χ1n) is 10.1. The lowest BCUT2D eigenvalue weighted by molar-refractivity contribution is -0.128. The zero-order chi connectivity index (χ0) is 21.7. The number of nitrogens with zero attached hydrogens (tertiary/aromatic N) is 1. The van der Waals surface area contributed by atoms with Crippen LogP contribution < -0.4 is 10.6 Å². The SMILES string of the molecule is CC(C)NC(=O)c1ccccc1NC(=O)[C@H]1CC(=O)N(CCc2ccc(F)cc2)C1. The second-order valence-corrected chi connectivity index (χ2v) is 7.78. The van der Waals surface area contributed by atoms with Crippen LogP contribution in [0.3, 0.4) is 0 Å². The molecule has 2 aromatic rings. The van der Waals surface area contributed by atoms with Crippen LogP contribution in [0.2, 0.25) is 0 Å². The normalized spacial score (nSPS) is 16.1. The molecule has 1 saturated heterocycles. The highest BCUT2D eigenvalue weighted by atomic mass is 19.1.